The first kappa shape index (κ1) is 15.9. The van der Waals surface area contributed by atoms with Crippen molar-refractivity contribution in [3.63, 3.8) is 0 Å². The van der Waals surface area contributed by atoms with E-state index in [9.17, 15) is 18.0 Å². The van der Waals surface area contributed by atoms with Gasteiger partial charge in [-0.05, 0) is 24.2 Å². The molecular weight excluding hydrogens is 255 g/mol. The molecule has 17 heavy (non-hydrogen) atoms. The lowest BCUT2D eigenvalue weighted by Gasteiger charge is -2.09. The molecule has 0 radical (unpaired) electrons. The average Bonchev–Trinajstić information content (AvgIpc) is 2.22. The number of carbonyl (C=O) groups is 1. The van der Waals surface area contributed by atoms with Gasteiger partial charge in [0.15, 0.2) is 0 Å². The van der Waals surface area contributed by atoms with Gasteiger partial charge in [0.1, 0.15) is 0 Å². The van der Waals surface area contributed by atoms with Gasteiger partial charge in [0.05, 0.1) is 18.6 Å². The summed E-state index contributed by atoms with van der Waals surface area (Å²) in [5, 5.41) is 0. The Morgan fingerprint density at radius 2 is 2.06 bits per heavy atom. The smallest absolute Gasteiger partial charge is 0.393 e. The van der Waals surface area contributed by atoms with Crippen molar-refractivity contribution < 1.29 is 22.7 Å². The van der Waals surface area contributed by atoms with Gasteiger partial charge in [0, 0.05) is 6.20 Å². The zero-order chi connectivity index (χ0) is 13.5. The first-order valence-electron chi connectivity index (χ1n) is 4.74. The molecule has 0 bridgehead atoms. The van der Waals surface area contributed by atoms with Crippen LogP contribution >= 0.6 is 11.8 Å². The van der Waals surface area contributed by atoms with Crippen LogP contribution in [-0.4, -0.2) is 25.0 Å². The van der Waals surface area contributed by atoms with Crippen LogP contribution in [0.15, 0.2) is 22.8 Å². The van der Waals surface area contributed by atoms with Crippen LogP contribution in [0.2, 0.25) is 0 Å². The minimum absolute atomic E-state index is 0.00209. The number of alkyl halides is 3. The van der Waals surface area contributed by atoms with E-state index in [0.717, 1.165) is 24.0 Å². The molecule has 98 valence electrons. The minimum Gasteiger partial charge on any atom is -0.462 e. The predicted molar refractivity (Wildman–Crippen MR) is 61.2 cm³/mol. The van der Waals surface area contributed by atoms with Gasteiger partial charge in [0.2, 0.25) is 0 Å². The Kier molecular flexibility index (Phi) is 6.79. The number of allylic oxidation sites excluding steroid dienone is 1. The monoisotopic (exact) mass is 269 g/mol. The quantitative estimate of drug-likeness (QED) is 0.473. The van der Waals surface area contributed by atoms with E-state index in [2.05, 4.69) is 4.74 Å². The van der Waals surface area contributed by atoms with Crippen LogP contribution < -0.4 is 5.73 Å². The fourth-order valence-electron chi connectivity index (χ4n) is 0.943. The van der Waals surface area contributed by atoms with E-state index in [1.165, 1.54) is 6.26 Å². The molecule has 0 aliphatic carbocycles. The summed E-state index contributed by atoms with van der Waals surface area (Å²) < 4.78 is 41.2. The third-order valence-corrected chi connectivity index (χ3v) is 2.43. The molecule has 0 saturated carbocycles. The predicted octanol–water partition coefficient (Wildman–Crippen LogP) is 2.59. The SMILES string of the molecule is CCOC(=O)C(/C=C(/CC(F)(F)F)SC)=C\N. The first-order chi connectivity index (χ1) is 7.84. The van der Waals surface area contributed by atoms with Crippen LogP contribution in [0, 0.1) is 0 Å². The highest BCUT2D eigenvalue weighted by atomic mass is 32.2. The molecule has 0 spiro atoms. The lowest BCUT2D eigenvalue weighted by Crippen LogP contribution is -2.10. The molecule has 0 amide bonds. The number of halogens is 3. The van der Waals surface area contributed by atoms with Crippen molar-refractivity contribution >= 4 is 17.7 Å². The lowest BCUT2D eigenvalue weighted by atomic mass is 10.2. The number of hydrogen-bond acceptors (Lipinski definition) is 4. The van der Waals surface area contributed by atoms with Crippen molar-refractivity contribution in [2.75, 3.05) is 12.9 Å². The van der Waals surface area contributed by atoms with Gasteiger partial charge in [-0.3, -0.25) is 0 Å². The molecule has 7 heteroatoms. The molecule has 2 N–H and O–H groups in total. The van der Waals surface area contributed by atoms with Gasteiger partial charge in [-0.2, -0.15) is 13.2 Å². The summed E-state index contributed by atoms with van der Waals surface area (Å²) in [5.41, 5.74) is 5.09. The summed E-state index contributed by atoms with van der Waals surface area (Å²) in [6, 6.07) is 0. The van der Waals surface area contributed by atoms with Crippen molar-refractivity contribution in [3.8, 4) is 0 Å². The molecule has 0 fully saturated rings. The van der Waals surface area contributed by atoms with Gasteiger partial charge >= 0.3 is 12.1 Å². The maximum absolute atomic E-state index is 12.2. The van der Waals surface area contributed by atoms with Crippen LogP contribution in [0.5, 0.6) is 0 Å². The molecule has 0 heterocycles. The van der Waals surface area contributed by atoms with E-state index in [4.69, 9.17) is 5.73 Å². The molecule has 0 aromatic rings. The number of rotatable bonds is 5. The maximum Gasteiger partial charge on any atom is 0.393 e. The Balaban J connectivity index is 4.86. The molecule has 0 unspecified atom stereocenters. The van der Waals surface area contributed by atoms with E-state index < -0.39 is 18.6 Å². The van der Waals surface area contributed by atoms with Crippen molar-refractivity contribution in [1.29, 1.82) is 0 Å². The molecular formula is C10H14F3NO2S. The van der Waals surface area contributed by atoms with Crippen molar-refractivity contribution in [2.24, 2.45) is 5.73 Å². The third-order valence-electron chi connectivity index (χ3n) is 1.64. The van der Waals surface area contributed by atoms with E-state index in [1.54, 1.807) is 6.92 Å². The number of esters is 1. The largest absolute Gasteiger partial charge is 0.462 e. The first-order valence-corrected chi connectivity index (χ1v) is 5.96. The van der Waals surface area contributed by atoms with E-state index in [0.29, 0.717) is 0 Å². The Morgan fingerprint density at radius 3 is 2.41 bits per heavy atom. The number of ether oxygens (including phenoxy) is 1. The van der Waals surface area contributed by atoms with E-state index in [-0.39, 0.29) is 17.1 Å². The molecule has 0 aromatic carbocycles. The summed E-state index contributed by atoms with van der Waals surface area (Å²) in [4.78, 5) is 11.3. The van der Waals surface area contributed by atoms with Crippen molar-refractivity contribution in [3.05, 3.63) is 22.8 Å². The Hall–Kier alpha value is -1.11. The zero-order valence-electron chi connectivity index (χ0n) is 9.50. The second-order valence-electron chi connectivity index (χ2n) is 2.95. The van der Waals surface area contributed by atoms with Crippen LogP contribution in [0.25, 0.3) is 0 Å². The lowest BCUT2D eigenvalue weighted by molar-refractivity contribution is -0.138. The summed E-state index contributed by atoms with van der Waals surface area (Å²) in [6.07, 6.45) is -1.88. The Morgan fingerprint density at radius 1 is 1.47 bits per heavy atom. The van der Waals surface area contributed by atoms with Crippen molar-refractivity contribution in [1.82, 2.24) is 0 Å². The second kappa shape index (κ2) is 7.26. The second-order valence-corrected chi connectivity index (χ2v) is 3.88. The van der Waals surface area contributed by atoms with Crippen LogP contribution in [-0.2, 0) is 9.53 Å². The maximum atomic E-state index is 12.2. The molecule has 0 aliphatic heterocycles. The summed E-state index contributed by atoms with van der Waals surface area (Å²) >= 11 is 0.913. The van der Waals surface area contributed by atoms with Gasteiger partial charge in [-0.15, -0.1) is 11.8 Å². The molecule has 3 nitrogen and oxygen atoms in total. The van der Waals surface area contributed by atoms with Gasteiger partial charge < -0.3 is 10.5 Å². The number of thioether (sulfide) groups is 1. The van der Waals surface area contributed by atoms with Crippen LogP contribution in [0.3, 0.4) is 0 Å². The average molecular weight is 269 g/mol. The summed E-state index contributed by atoms with van der Waals surface area (Å²) in [7, 11) is 0. The highest BCUT2D eigenvalue weighted by Gasteiger charge is 2.29. The fraction of sp³-hybridized carbons (Fsp3) is 0.500. The Labute approximate surface area is 102 Å². The molecule has 0 aromatic heterocycles. The molecule has 0 aliphatic rings. The van der Waals surface area contributed by atoms with Crippen molar-refractivity contribution in [2.45, 2.75) is 19.5 Å². The van der Waals surface area contributed by atoms with Gasteiger partial charge in [0.25, 0.3) is 0 Å². The Bertz CT molecular complexity index is 324. The topological polar surface area (TPSA) is 52.3 Å². The number of nitrogens with two attached hydrogens (primary N) is 1. The van der Waals surface area contributed by atoms with Gasteiger partial charge in [-0.1, -0.05) is 0 Å². The zero-order valence-corrected chi connectivity index (χ0v) is 10.3. The molecule has 0 rings (SSSR count). The summed E-state index contributed by atoms with van der Waals surface area (Å²) in [5.74, 6) is -0.733. The van der Waals surface area contributed by atoms with E-state index >= 15 is 0 Å². The minimum atomic E-state index is -4.32. The number of hydrogen-bond donors (Lipinski definition) is 1. The highest BCUT2D eigenvalue weighted by Crippen LogP contribution is 2.30. The van der Waals surface area contributed by atoms with Gasteiger partial charge in [-0.25, -0.2) is 4.79 Å². The normalized spacial score (nSPS) is 13.7. The standard InChI is InChI=1S/C10H14F3NO2S/c1-3-16-9(15)7(6-14)4-8(17-2)5-10(11,12)13/h4,6H,3,5,14H2,1-2H3/b7-6-,8-4-. The molecule has 0 atom stereocenters. The van der Waals surface area contributed by atoms with Crippen LogP contribution in [0.1, 0.15) is 13.3 Å². The van der Waals surface area contributed by atoms with Crippen LogP contribution in [0.4, 0.5) is 13.2 Å². The molecule has 0 saturated heterocycles. The number of carbonyl (C=O) groups excluding carboxylic acids is 1. The van der Waals surface area contributed by atoms with E-state index in [1.807, 2.05) is 0 Å². The fourth-order valence-corrected chi connectivity index (χ4v) is 1.50. The summed E-state index contributed by atoms with van der Waals surface area (Å²) in [6.45, 7) is 1.73. The third kappa shape index (κ3) is 6.93. The highest BCUT2D eigenvalue weighted by molar-refractivity contribution is 8.02.